The molecule has 0 spiro atoms. The van der Waals surface area contributed by atoms with Crippen molar-refractivity contribution in [3.8, 4) is 0 Å². The highest BCUT2D eigenvalue weighted by atomic mass is 16.5. The van der Waals surface area contributed by atoms with E-state index in [0.29, 0.717) is 35.8 Å². The number of aromatic amines is 1. The molecule has 2 heterocycles. The summed E-state index contributed by atoms with van der Waals surface area (Å²) in [5, 5.41) is 11.9. The molecule has 5 N–H and O–H groups in total. The molecular formula is C17H20N6O4. The molecule has 0 unspecified atom stereocenters. The van der Waals surface area contributed by atoms with E-state index in [9.17, 15) is 9.59 Å². The van der Waals surface area contributed by atoms with Crippen molar-refractivity contribution >= 4 is 28.9 Å². The number of nitrogen functional groups attached to an aromatic ring is 1. The molecule has 0 aliphatic heterocycles. The first-order chi connectivity index (χ1) is 13.0. The van der Waals surface area contributed by atoms with Gasteiger partial charge in [-0.3, -0.25) is 9.36 Å². The van der Waals surface area contributed by atoms with Crippen LogP contribution in [0.25, 0.3) is 11.2 Å². The molecule has 0 atom stereocenters. The van der Waals surface area contributed by atoms with Gasteiger partial charge in [-0.2, -0.15) is 9.97 Å². The summed E-state index contributed by atoms with van der Waals surface area (Å²) >= 11 is 0. The Hall–Kier alpha value is -3.40. The zero-order valence-corrected chi connectivity index (χ0v) is 14.7. The highest BCUT2D eigenvalue weighted by Gasteiger charge is 2.14. The number of carboxylic acid groups (broad SMARTS) is 1. The standard InChI is InChI=1S/C17H20N6O4/c1-27-6-5-19-16-21-14(18)13-15(22-16)23(17(26)20-13)9-11-4-2-3-10(7-11)8-12(24)25/h2-4,7H,5-6,8-9H2,1H3,(H,20,26)(H,24,25)(H3,18,19,21,22). The number of hydrogen-bond donors (Lipinski definition) is 4. The van der Waals surface area contributed by atoms with Crippen LogP contribution in [0.3, 0.4) is 0 Å². The van der Waals surface area contributed by atoms with Crippen LogP contribution in [0.15, 0.2) is 29.1 Å². The number of hydrogen-bond acceptors (Lipinski definition) is 7. The number of nitrogens with two attached hydrogens (primary N) is 1. The maximum atomic E-state index is 12.4. The molecule has 0 saturated carbocycles. The molecule has 3 rings (SSSR count). The van der Waals surface area contributed by atoms with Gasteiger partial charge in [0.1, 0.15) is 5.52 Å². The summed E-state index contributed by atoms with van der Waals surface area (Å²) in [7, 11) is 1.59. The van der Waals surface area contributed by atoms with Gasteiger partial charge in [-0.05, 0) is 11.1 Å². The Bertz CT molecular complexity index is 1030. The lowest BCUT2D eigenvalue weighted by Crippen LogP contribution is -2.18. The predicted octanol–water partition coefficient (Wildman–Crippen LogP) is 0.436. The van der Waals surface area contributed by atoms with Crippen molar-refractivity contribution in [3.63, 3.8) is 0 Å². The first kappa shape index (κ1) is 18.4. The summed E-state index contributed by atoms with van der Waals surface area (Å²) in [5.74, 6) is -0.455. The van der Waals surface area contributed by atoms with E-state index in [4.69, 9.17) is 15.6 Å². The Kier molecular flexibility index (Phi) is 5.36. The number of imidazole rings is 1. The summed E-state index contributed by atoms with van der Waals surface area (Å²) in [6.07, 6.45) is -0.0840. The molecule has 0 radical (unpaired) electrons. The molecule has 10 heteroatoms. The van der Waals surface area contributed by atoms with Crippen LogP contribution in [0.1, 0.15) is 11.1 Å². The smallest absolute Gasteiger partial charge is 0.328 e. The number of aromatic nitrogens is 4. The van der Waals surface area contributed by atoms with Crippen LogP contribution in [0.4, 0.5) is 11.8 Å². The zero-order chi connectivity index (χ0) is 19.4. The van der Waals surface area contributed by atoms with Crippen LogP contribution < -0.4 is 16.7 Å². The first-order valence-electron chi connectivity index (χ1n) is 8.26. The minimum absolute atomic E-state index is 0.0840. The Balaban J connectivity index is 1.95. The molecular weight excluding hydrogens is 352 g/mol. The number of H-pyrrole nitrogens is 1. The number of ether oxygens (including phenoxy) is 1. The van der Waals surface area contributed by atoms with Crippen molar-refractivity contribution < 1.29 is 14.6 Å². The maximum Gasteiger partial charge on any atom is 0.328 e. The lowest BCUT2D eigenvalue weighted by Gasteiger charge is -2.08. The quantitative estimate of drug-likeness (QED) is 0.416. The van der Waals surface area contributed by atoms with Gasteiger partial charge in [0.15, 0.2) is 11.5 Å². The van der Waals surface area contributed by atoms with Gasteiger partial charge >= 0.3 is 11.7 Å². The van der Waals surface area contributed by atoms with Crippen LogP contribution in [0.2, 0.25) is 0 Å². The molecule has 0 aliphatic carbocycles. The zero-order valence-electron chi connectivity index (χ0n) is 14.7. The van der Waals surface area contributed by atoms with E-state index < -0.39 is 5.97 Å². The highest BCUT2D eigenvalue weighted by molar-refractivity contribution is 5.82. The first-order valence-corrected chi connectivity index (χ1v) is 8.26. The molecule has 27 heavy (non-hydrogen) atoms. The van der Waals surface area contributed by atoms with Crippen LogP contribution in [-0.4, -0.2) is 50.9 Å². The molecule has 3 aromatic rings. The second kappa shape index (κ2) is 7.87. The van der Waals surface area contributed by atoms with Gasteiger partial charge in [-0.25, -0.2) is 4.79 Å². The maximum absolute atomic E-state index is 12.4. The number of rotatable bonds is 8. The number of benzene rings is 1. The predicted molar refractivity (Wildman–Crippen MR) is 99.8 cm³/mol. The molecule has 0 saturated heterocycles. The number of carboxylic acids is 1. The molecule has 2 aromatic heterocycles. The van der Waals surface area contributed by atoms with Gasteiger partial charge in [0.2, 0.25) is 5.95 Å². The monoisotopic (exact) mass is 372 g/mol. The average Bonchev–Trinajstić information content (AvgIpc) is 2.92. The fourth-order valence-corrected chi connectivity index (χ4v) is 2.74. The van der Waals surface area contributed by atoms with E-state index in [2.05, 4.69) is 20.3 Å². The lowest BCUT2D eigenvalue weighted by molar-refractivity contribution is -0.136. The number of aliphatic carboxylic acids is 1. The van der Waals surface area contributed by atoms with Gasteiger partial charge in [-0.1, -0.05) is 24.3 Å². The second-order valence-electron chi connectivity index (χ2n) is 5.96. The number of nitrogens with zero attached hydrogens (tertiary/aromatic N) is 3. The van der Waals surface area contributed by atoms with Crippen LogP contribution >= 0.6 is 0 Å². The minimum Gasteiger partial charge on any atom is -0.481 e. The SMILES string of the molecule is COCCNc1nc(N)c2[nH]c(=O)n(Cc3cccc(CC(=O)O)c3)c2n1. The number of nitrogens with one attached hydrogen (secondary N) is 2. The van der Waals surface area contributed by atoms with E-state index in [-0.39, 0.29) is 24.5 Å². The van der Waals surface area contributed by atoms with Gasteiger partial charge in [0, 0.05) is 13.7 Å². The Labute approximate surface area is 154 Å². The largest absolute Gasteiger partial charge is 0.481 e. The average molecular weight is 372 g/mol. The molecule has 0 bridgehead atoms. The fourth-order valence-electron chi connectivity index (χ4n) is 2.74. The summed E-state index contributed by atoms with van der Waals surface area (Å²) < 4.78 is 6.41. The van der Waals surface area contributed by atoms with Crippen LogP contribution in [-0.2, 0) is 22.5 Å². The van der Waals surface area contributed by atoms with Crippen molar-refractivity contribution in [2.24, 2.45) is 0 Å². The molecule has 142 valence electrons. The van der Waals surface area contributed by atoms with Crippen molar-refractivity contribution in [2.75, 3.05) is 31.3 Å². The van der Waals surface area contributed by atoms with Crippen LogP contribution in [0, 0.1) is 0 Å². The van der Waals surface area contributed by atoms with Crippen LogP contribution in [0.5, 0.6) is 0 Å². The third-order valence-corrected chi connectivity index (χ3v) is 3.93. The van der Waals surface area contributed by atoms with E-state index >= 15 is 0 Å². The third-order valence-electron chi connectivity index (χ3n) is 3.93. The normalized spacial score (nSPS) is 11.0. The summed E-state index contributed by atoms with van der Waals surface area (Å²) in [4.78, 5) is 34.5. The Morgan fingerprint density at radius 3 is 2.89 bits per heavy atom. The minimum atomic E-state index is -0.913. The Morgan fingerprint density at radius 2 is 2.15 bits per heavy atom. The van der Waals surface area contributed by atoms with E-state index in [1.165, 1.54) is 4.57 Å². The van der Waals surface area contributed by atoms with Crippen molar-refractivity contribution in [2.45, 2.75) is 13.0 Å². The van der Waals surface area contributed by atoms with Gasteiger partial charge in [-0.15, -0.1) is 0 Å². The van der Waals surface area contributed by atoms with Crippen molar-refractivity contribution in [1.29, 1.82) is 0 Å². The molecule has 0 aliphatic rings. The van der Waals surface area contributed by atoms with E-state index in [1.54, 1.807) is 25.3 Å². The second-order valence-corrected chi connectivity index (χ2v) is 5.96. The summed E-state index contributed by atoms with van der Waals surface area (Å²) in [6.45, 7) is 1.19. The van der Waals surface area contributed by atoms with Gasteiger partial charge in [0.05, 0.1) is 19.6 Å². The molecule has 0 amide bonds. The van der Waals surface area contributed by atoms with Crippen molar-refractivity contribution in [1.82, 2.24) is 19.5 Å². The number of methoxy groups -OCH3 is 1. The van der Waals surface area contributed by atoms with Crippen molar-refractivity contribution in [3.05, 3.63) is 45.9 Å². The number of carbonyl (C=O) groups is 1. The topological polar surface area (TPSA) is 148 Å². The Morgan fingerprint density at radius 1 is 1.37 bits per heavy atom. The van der Waals surface area contributed by atoms with E-state index in [0.717, 1.165) is 5.56 Å². The number of fused-ring (bicyclic) bond motifs is 1. The molecule has 10 nitrogen and oxygen atoms in total. The summed E-state index contributed by atoms with van der Waals surface area (Å²) in [5.41, 5.74) is 7.74. The molecule has 1 aromatic carbocycles. The summed E-state index contributed by atoms with van der Waals surface area (Å²) in [6, 6.07) is 7.06. The van der Waals surface area contributed by atoms with Gasteiger partial charge < -0.3 is 25.9 Å². The lowest BCUT2D eigenvalue weighted by atomic mass is 10.1. The number of anilines is 2. The van der Waals surface area contributed by atoms with E-state index in [1.807, 2.05) is 6.07 Å². The van der Waals surface area contributed by atoms with Gasteiger partial charge in [0.25, 0.3) is 0 Å². The fraction of sp³-hybridized carbons (Fsp3) is 0.294. The highest BCUT2D eigenvalue weighted by Crippen LogP contribution is 2.17. The molecule has 0 fully saturated rings. The third kappa shape index (κ3) is 4.23.